The zero-order valence-electron chi connectivity index (χ0n) is 19.8. The normalized spacial score (nSPS) is 11.8. The highest BCUT2D eigenvalue weighted by Gasteiger charge is 2.16. The first-order valence-corrected chi connectivity index (χ1v) is 12.0. The Labute approximate surface area is 205 Å². The summed E-state index contributed by atoms with van der Waals surface area (Å²) >= 11 is 0. The minimum absolute atomic E-state index is 0.0930. The SMILES string of the molecule is CCC(NC(=O)c1ccc2nc(-c3ccccc3)c(CCCCC(=O)O)cc2c1)c1ccncc1. The number of benzene rings is 2. The number of aryl methyl sites for hydroxylation is 1. The van der Waals surface area contributed by atoms with E-state index in [9.17, 15) is 9.59 Å². The third kappa shape index (κ3) is 6.09. The van der Waals surface area contributed by atoms with Gasteiger partial charge in [0, 0.05) is 35.3 Å². The van der Waals surface area contributed by atoms with Gasteiger partial charge < -0.3 is 10.4 Å². The van der Waals surface area contributed by atoms with Crippen molar-refractivity contribution in [3.8, 4) is 11.3 Å². The number of rotatable bonds is 10. The van der Waals surface area contributed by atoms with Crippen LogP contribution in [0.1, 0.15) is 60.1 Å². The molecule has 1 amide bonds. The zero-order valence-corrected chi connectivity index (χ0v) is 19.8. The molecule has 1 unspecified atom stereocenters. The Balaban J connectivity index is 1.63. The molecule has 0 bridgehead atoms. The fourth-order valence-corrected chi connectivity index (χ4v) is 4.25. The van der Waals surface area contributed by atoms with Crippen molar-refractivity contribution in [2.45, 2.75) is 45.1 Å². The van der Waals surface area contributed by atoms with Crippen molar-refractivity contribution in [3.63, 3.8) is 0 Å². The smallest absolute Gasteiger partial charge is 0.303 e. The highest BCUT2D eigenvalue weighted by Crippen LogP contribution is 2.28. The van der Waals surface area contributed by atoms with Crippen LogP contribution in [0.25, 0.3) is 22.2 Å². The van der Waals surface area contributed by atoms with Crippen LogP contribution in [0.3, 0.4) is 0 Å². The van der Waals surface area contributed by atoms with Gasteiger partial charge in [0.2, 0.25) is 0 Å². The second-order valence-corrected chi connectivity index (χ2v) is 8.59. The van der Waals surface area contributed by atoms with E-state index in [1.54, 1.807) is 12.4 Å². The highest BCUT2D eigenvalue weighted by molar-refractivity contribution is 5.98. The first-order valence-electron chi connectivity index (χ1n) is 12.0. The molecule has 0 spiro atoms. The summed E-state index contributed by atoms with van der Waals surface area (Å²) in [5, 5.41) is 13.0. The van der Waals surface area contributed by atoms with E-state index < -0.39 is 5.97 Å². The number of carboxylic acid groups (broad SMARTS) is 1. The van der Waals surface area contributed by atoms with Gasteiger partial charge >= 0.3 is 5.97 Å². The van der Waals surface area contributed by atoms with Gasteiger partial charge in [0.25, 0.3) is 5.91 Å². The van der Waals surface area contributed by atoms with E-state index in [0.29, 0.717) is 12.0 Å². The van der Waals surface area contributed by atoms with Crippen LogP contribution in [0.15, 0.2) is 79.1 Å². The summed E-state index contributed by atoms with van der Waals surface area (Å²) in [5.41, 5.74) is 5.39. The average Bonchev–Trinajstić information content (AvgIpc) is 2.89. The summed E-state index contributed by atoms with van der Waals surface area (Å²) < 4.78 is 0. The van der Waals surface area contributed by atoms with Crippen LogP contribution in [-0.4, -0.2) is 27.0 Å². The molecule has 0 saturated carbocycles. The predicted molar refractivity (Wildman–Crippen MR) is 137 cm³/mol. The Bertz CT molecular complexity index is 1310. The van der Waals surface area contributed by atoms with Gasteiger partial charge in [-0.25, -0.2) is 4.98 Å². The van der Waals surface area contributed by atoms with E-state index in [4.69, 9.17) is 10.1 Å². The molecule has 0 fully saturated rings. The molecule has 6 nitrogen and oxygen atoms in total. The third-order valence-corrected chi connectivity index (χ3v) is 6.11. The summed E-state index contributed by atoms with van der Waals surface area (Å²) in [5.74, 6) is -0.913. The molecule has 0 aliphatic carbocycles. The second kappa shape index (κ2) is 11.4. The molecule has 6 heteroatoms. The molecule has 35 heavy (non-hydrogen) atoms. The van der Waals surface area contributed by atoms with Crippen molar-refractivity contribution in [1.29, 1.82) is 0 Å². The van der Waals surface area contributed by atoms with Gasteiger partial charge in [-0.2, -0.15) is 0 Å². The standard InChI is InChI=1S/C29H29N3O3/c1-2-25(20-14-16-30-17-15-20)32-29(35)23-12-13-26-24(19-23)18-22(10-6-7-11-27(33)34)28(31-26)21-8-4-3-5-9-21/h3-5,8-9,12-19,25H,2,6-7,10-11H2,1H3,(H,32,35)(H,33,34). The van der Waals surface area contributed by atoms with Crippen LogP contribution in [0.5, 0.6) is 0 Å². The molecule has 0 radical (unpaired) electrons. The third-order valence-electron chi connectivity index (χ3n) is 6.11. The molecule has 2 aromatic carbocycles. The maximum atomic E-state index is 13.1. The van der Waals surface area contributed by atoms with Crippen molar-refractivity contribution in [1.82, 2.24) is 15.3 Å². The van der Waals surface area contributed by atoms with Gasteiger partial charge in [0.15, 0.2) is 0 Å². The first-order chi connectivity index (χ1) is 17.0. The number of nitrogens with zero attached hydrogens (tertiary/aromatic N) is 2. The Kier molecular flexibility index (Phi) is 7.83. The van der Waals surface area contributed by atoms with Crippen LogP contribution in [0.2, 0.25) is 0 Å². The number of fused-ring (bicyclic) bond motifs is 1. The maximum Gasteiger partial charge on any atom is 0.303 e. The quantitative estimate of drug-likeness (QED) is 0.280. The summed E-state index contributed by atoms with van der Waals surface area (Å²) in [7, 11) is 0. The monoisotopic (exact) mass is 467 g/mol. The van der Waals surface area contributed by atoms with Gasteiger partial charge in [-0.3, -0.25) is 14.6 Å². The number of hydrogen-bond acceptors (Lipinski definition) is 4. The number of aromatic nitrogens is 2. The number of nitrogens with one attached hydrogen (secondary N) is 1. The van der Waals surface area contributed by atoms with Gasteiger partial charge in [-0.1, -0.05) is 37.3 Å². The zero-order chi connectivity index (χ0) is 24.6. The van der Waals surface area contributed by atoms with E-state index in [1.165, 1.54) is 0 Å². The largest absolute Gasteiger partial charge is 0.481 e. The van der Waals surface area contributed by atoms with Gasteiger partial charge in [0.05, 0.1) is 17.3 Å². The summed E-state index contributed by atoms with van der Waals surface area (Å²) in [6, 6.07) is 21.4. The molecule has 2 N–H and O–H groups in total. The predicted octanol–water partition coefficient (Wildman–Crippen LogP) is 5.98. The first kappa shape index (κ1) is 24.1. The number of amides is 1. The maximum absolute atomic E-state index is 13.1. The fraction of sp³-hybridized carbons (Fsp3) is 0.241. The summed E-state index contributed by atoms with van der Waals surface area (Å²) in [6.07, 6.45) is 6.47. The van der Waals surface area contributed by atoms with Gasteiger partial charge in [0.1, 0.15) is 0 Å². The van der Waals surface area contributed by atoms with Crippen molar-refractivity contribution in [3.05, 3.63) is 95.8 Å². The molecule has 0 saturated heterocycles. The molecule has 0 aliphatic rings. The Hall–Kier alpha value is -4.06. The lowest BCUT2D eigenvalue weighted by Crippen LogP contribution is -2.28. The highest BCUT2D eigenvalue weighted by atomic mass is 16.4. The molecule has 178 valence electrons. The van der Waals surface area contributed by atoms with Crippen LogP contribution in [0.4, 0.5) is 0 Å². The van der Waals surface area contributed by atoms with E-state index >= 15 is 0 Å². The molecule has 0 aliphatic heterocycles. The van der Waals surface area contributed by atoms with Crippen LogP contribution < -0.4 is 5.32 Å². The average molecular weight is 468 g/mol. The Morgan fingerprint density at radius 3 is 2.46 bits per heavy atom. The molecular weight excluding hydrogens is 438 g/mol. The van der Waals surface area contributed by atoms with Gasteiger partial charge in [-0.15, -0.1) is 0 Å². The van der Waals surface area contributed by atoms with E-state index in [0.717, 1.165) is 52.5 Å². The lowest BCUT2D eigenvalue weighted by molar-refractivity contribution is -0.137. The summed E-state index contributed by atoms with van der Waals surface area (Å²) in [4.78, 5) is 33.0. The number of carbonyl (C=O) groups is 2. The topological polar surface area (TPSA) is 92.2 Å². The number of carboxylic acids is 1. The number of carbonyl (C=O) groups excluding carboxylic acids is 1. The molecule has 2 heterocycles. The van der Waals surface area contributed by atoms with Crippen LogP contribution in [-0.2, 0) is 11.2 Å². The molecule has 1 atom stereocenters. The van der Waals surface area contributed by atoms with E-state index in [-0.39, 0.29) is 18.4 Å². The second-order valence-electron chi connectivity index (χ2n) is 8.59. The minimum atomic E-state index is -0.780. The molecular formula is C29H29N3O3. The van der Waals surface area contributed by atoms with Crippen molar-refractivity contribution >= 4 is 22.8 Å². The van der Waals surface area contributed by atoms with Crippen LogP contribution in [0, 0.1) is 0 Å². The molecule has 4 rings (SSSR count). The summed E-state index contributed by atoms with van der Waals surface area (Å²) in [6.45, 7) is 2.04. The molecule has 4 aromatic rings. The molecule has 2 aromatic heterocycles. The number of pyridine rings is 2. The Morgan fingerprint density at radius 1 is 0.971 bits per heavy atom. The van der Waals surface area contributed by atoms with Crippen molar-refractivity contribution in [2.24, 2.45) is 0 Å². The minimum Gasteiger partial charge on any atom is -0.481 e. The lowest BCUT2D eigenvalue weighted by Gasteiger charge is -2.17. The fourth-order valence-electron chi connectivity index (χ4n) is 4.25. The van der Waals surface area contributed by atoms with Crippen LogP contribution >= 0.6 is 0 Å². The Morgan fingerprint density at radius 2 is 1.74 bits per heavy atom. The van der Waals surface area contributed by atoms with Crippen molar-refractivity contribution in [2.75, 3.05) is 0 Å². The van der Waals surface area contributed by atoms with E-state index in [1.807, 2.05) is 67.6 Å². The lowest BCUT2D eigenvalue weighted by atomic mass is 9.98. The van der Waals surface area contributed by atoms with E-state index in [2.05, 4.69) is 16.4 Å². The van der Waals surface area contributed by atoms with Crippen molar-refractivity contribution < 1.29 is 14.7 Å². The number of unbranched alkanes of at least 4 members (excludes halogenated alkanes) is 1. The number of hydrogen-bond donors (Lipinski definition) is 2. The van der Waals surface area contributed by atoms with Gasteiger partial charge in [-0.05, 0) is 73.2 Å². The number of aliphatic carboxylic acids is 1.